The minimum Gasteiger partial charge on any atom is -0.310 e. The number of hydrogen-bond donors (Lipinski definition) is 1. The van der Waals surface area contributed by atoms with Gasteiger partial charge >= 0.3 is 0 Å². The predicted molar refractivity (Wildman–Crippen MR) is 84.3 cm³/mol. The molecule has 0 aromatic heterocycles. The third kappa shape index (κ3) is 2.75. The molecule has 2 heterocycles. The van der Waals surface area contributed by atoms with Gasteiger partial charge in [0, 0.05) is 22.5 Å². The van der Waals surface area contributed by atoms with Crippen molar-refractivity contribution in [3.05, 3.63) is 46.5 Å². The molecule has 0 saturated heterocycles. The van der Waals surface area contributed by atoms with E-state index in [2.05, 4.69) is 20.3 Å². The molecule has 0 spiro atoms. The molecule has 2 aliphatic heterocycles. The Hall–Kier alpha value is -2.18. The first-order valence-corrected chi connectivity index (χ1v) is 7.18. The molecule has 0 unspecified atom stereocenters. The SMILES string of the molecule is CC(=O)Nc1ncn(Cc2c(Cl)cccc2Cl)c2ncnc1-2. The number of benzene rings is 1. The number of carbonyl (C=O) groups excluding carboxylic acids is 1. The van der Waals surface area contributed by atoms with Crippen LogP contribution in [-0.2, 0) is 11.3 Å². The van der Waals surface area contributed by atoms with Crippen LogP contribution in [0.5, 0.6) is 0 Å². The first-order chi connectivity index (χ1) is 10.6. The molecule has 3 rings (SSSR count). The number of nitrogens with zero attached hydrogens (tertiary/aromatic N) is 4. The molecule has 1 N–H and O–H groups in total. The van der Waals surface area contributed by atoms with Gasteiger partial charge < -0.3 is 9.88 Å². The zero-order valence-corrected chi connectivity index (χ0v) is 13.1. The minimum absolute atomic E-state index is 0.219. The van der Waals surface area contributed by atoms with E-state index in [4.69, 9.17) is 23.2 Å². The van der Waals surface area contributed by atoms with Gasteiger partial charge in [0.05, 0.1) is 12.9 Å². The van der Waals surface area contributed by atoms with Crippen molar-refractivity contribution in [3.63, 3.8) is 0 Å². The average Bonchev–Trinajstić information content (AvgIpc) is 2.94. The first kappa shape index (κ1) is 14.7. The lowest BCUT2D eigenvalue weighted by Gasteiger charge is -2.14. The van der Waals surface area contributed by atoms with E-state index in [-0.39, 0.29) is 5.91 Å². The Morgan fingerprint density at radius 3 is 2.64 bits per heavy atom. The maximum atomic E-state index is 11.2. The summed E-state index contributed by atoms with van der Waals surface area (Å²) in [5, 5.41) is 3.77. The number of carbonyl (C=O) groups is 1. The Morgan fingerprint density at radius 2 is 1.95 bits per heavy atom. The number of fused-ring (bicyclic) bond motifs is 1. The fourth-order valence-corrected chi connectivity index (χ4v) is 2.63. The molecule has 1 aromatic carbocycles. The largest absolute Gasteiger partial charge is 0.310 e. The van der Waals surface area contributed by atoms with Crippen LogP contribution in [0.1, 0.15) is 12.5 Å². The predicted octanol–water partition coefficient (Wildman–Crippen LogP) is 3.09. The van der Waals surface area contributed by atoms with Crippen molar-refractivity contribution in [1.82, 2.24) is 19.5 Å². The maximum absolute atomic E-state index is 11.2. The van der Waals surface area contributed by atoms with Gasteiger partial charge in [-0.15, -0.1) is 0 Å². The second-order valence-corrected chi connectivity index (χ2v) is 5.46. The number of halogens is 2. The summed E-state index contributed by atoms with van der Waals surface area (Å²) in [6.07, 6.45) is 2.99. The molecule has 1 amide bonds. The number of aromatic nitrogens is 4. The fraction of sp³-hybridized carbons (Fsp3) is 0.143. The summed E-state index contributed by atoms with van der Waals surface area (Å²) in [4.78, 5) is 23.8. The molecule has 0 fully saturated rings. The van der Waals surface area contributed by atoms with E-state index in [0.717, 1.165) is 5.56 Å². The maximum Gasteiger partial charge on any atom is 0.222 e. The van der Waals surface area contributed by atoms with Crippen LogP contribution < -0.4 is 5.32 Å². The van der Waals surface area contributed by atoms with Crippen LogP contribution >= 0.6 is 23.2 Å². The summed E-state index contributed by atoms with van der Waals surface area (Å²) in [6, 6.07) is 5.33. The molecule has 8 heteroatoms. The Labute approximate surface area is 136 Å². The van der Waals surface area contributed by atoms with Crippen LogP contribution in [0.15, 0.2) is 30.9 Å². The van der Waals surface area contributed by atoms with Gasteiger partial charge in [0.1, 0.15) is 6.33 Å². The van der Waals surface area contributed by atoms with Gasteiger partial charge in [0.25, 0.3) is 0 Å². The zero-order valence-electron chi connectivity index (χ0n) is 11.5. The van der Waals surface area contributed by atoms with Crippen molar-refractivity contribution in [3.8, 4) is 11.5 Å². The number of imidazole rings is 1. The fourth-order valence-electron chi connectivity index (χ4n) is 2.11. The van der Waals surface area contributed by atoms with Gasteiger partial charge in [0.15, 0.2) is 17.3 Å². The van der Waals surface area contributed by atoms with Crippen LogP contribution in [0, 0.1) is 0 Å². The van der Waals surface area contributed by atoms with Gasteiger partial charge in [-0.05, 0) is 12.1 Å². The molecular weight excluding hydrogens is 325 g/mol. The molecule has 0 bridgehead atoms. The highest BCUT2D eigenvalue weighted by Gasteiger charge is 2.18. The molecule has 112 valence electrons. The smallest absolute Gasteiger partial charge is 0.222 e. The second-order valence-electron chi connectivity index (χ2n) is 4.65. The summed E-state index contributed by atoms with van der Waals surface area (Å²) < 4.78 is 1.78. The molecule has 0 aliphatic carbocycles. The van der Waals surface area contributed by atoms with Crippen molar-refractivity contribution < 1.29 is 4.79 Å². The topological polar surface area (TPSA) is 72.7 Å². The van der Waals surface area contributed by atoms with E-state index in [1.807, 2.05) is 0 Å². The van der Waals surface area contributed by atoms with Gasteiger partial charge in [-0.1, -0.05) is 29.3 Å². The Kier molecular flexibility index (Phi) is 3.96. The lowest BCUT2D eigenvalue weighted by atomic mass is 10.2. The van der Waals surface area contributed by atoms with E-state index in [1.54, 1.807) is 29.1 Å². The Balaban J connectivity index is 2.02. The Bertz CT molecular complexity index is 797. The van der Waals surface area contributed by atoms with Crippen molar-refractivity contribution in [2.75, 3.05) is 5.32 Å². The number of rotatable bonds is 3. The number of anilines is 1. The van der Waals surface area contributed by atoms with Crippen LogP contribution in [0.2, 0.25) is 10.0 Å². The lowest BCUT2D eigenvalue weighted by Crippen LogP contribution is -2.14. The van der Waals surface area contributed by atoms with E-state index in [0.29, 0.717) is 33.9 Å². The van der Waals surface area contributed by atoms with Crippen molar-refractivity contribution in [1.29, 1.82) is 0 Å². The van der Waals surface area contributed by atoms with Gasteiger partial charge in [-0.2, -0.15) is 0 Å². The Morgan fingerprint density at radius 1 is 1.23 bits per heavy atom. The van der Waals surface area contributed by atoms with E-state index < -0.39 is 0 Å². The molecule has 1 aromatic rings. The highest BCUT2D eigenvalue weighted by molar-refractivity contribution is 6.35. The normalized spacial score (nSPS) is 10.9. The summed E-state index contributed by atoms with van der Waals surface area (Å²) in [5.74, 6) is 0.750. The number of nitrogens with one attached hydrogen (secondary N) is 1. The van der Waals surface area contributed by atoms with E-state index >= 15 is 0 Å². The zero-order chi connectivity index (χ0) is 15.7. The number of amides is 1. The van der Waals surface area contributed by atoms with Crippen LogP contribution in [0.25, 0.3) is 11.5 Å². The molecule has 2 aliphatic rings. The van der Waals surface area contributed by atoms with Crippen LogP contribution in [0.4, 0.5) is 5.82 Å². The van der Waals surface area contributed by atoms with Gasteiger partial charge in [0.2, 0.25) is 5.91 Å². The highest BCUT2D eigenvalue weighted by Crippen LogP contribution is 2.29. The monoisotopic (exact) mass is 335 g/mol. The molecular formula is C14H11Cl2N5O. The van der Waals surface area contributed by atoms with Gasteiger partial charge in [-0.25, -0.2) is 15.0 Å². The molecule has 0 radical (unpaired) electrons. The van der Waals surface area contributed by atoms with E-state index in [9.17, 15) is 4.79 Å². The quantitative estimate of drug-likeness (QED) is 0.798. The highest BCUT2D eigenvalue weighted by atomic mass is 35.5. The number of hydrogen-bond acceptors (Lipinski definition) is 4. The molecule has 0 atom stereocenters. The van der Waals surface area contributed by atoms with E-state index in [1.165, 1.54) is 13.3 Å². The summed E-state index contributed by atoms with van der Waals surface area (Å²) in [6.45, 7) is 1.81. The average molecular weight is 336 g/mol. The summed E-state index contributed by atoms with van der Waals surface area (Å²) >= 11 is 12.4. The van der Waals surface area contributed by atoms with Gasteiger partial charge in [-0.3, -0.25) is 4.79 Å². The second kappa shape index (κ2) is 5.90. The van der Waals surface area contributed by atoms with Crippen molar-refractivity contribution in [2.24, 2.45) is 0 Å². The lowest BCUT2D eigenvalue weighted by molar-refractivity contribution is -0.114. The van der Waals surface area contributed by atoms with Crippen molar-refractivity contribution in [2.45, 2.75) is 13.5 Å². The third-order valence-corrected chi connectivity index (χ3v) is 3.79. The summed E-state index contributed by atoms with van der Waals surface area (Å²) in [7, 11) is 0. The minimum atomic E-state index is -0.219. The summed E-state index contributed by atoms with van der Waals surface area (Å²) in [5.41, 5.74) is 1.29. The van der Waals surface area contributed by atoms with Crippen LogP contribution in [0.3, 0.4) is 0 Å². The molecule has 0 saturated carbocycles. The molecule has 6 nitrogen and oxygen atoms in total. The van der Waals surface area contributed by atoms with Crippen LogP contribution in [-0.4, -0.2) is 25.4 Å². The third-order valence-electron chi connectivity index (χ3n) is 3.09. The molecule has 22 heavy (non-hydrogen) atoms. The first-order valence-electron chi connectivity index (χ1n) is 6.42. The standard InChI is InChI=1S/C14H11Cl2N5O/c1-8(22)20-13-12-14(18-6-17-12)21(7-19-13)5-9-10(15)3-2-4-11(9)16/h2-4,6-7H,5H2,1H3,(H,20,22). The van der Waals surface area contributed by atoms with Crippen molar-refractivity contribution >= 4 is 34.9 Å².